The van der Waals surface area contributed by atoms with Crippen molar-refractivity contribution in [2.24, 2.45) is 0 Å². The molecule has 0 aliphatic heterocycles. The van der Waals surface area contributed by atoms with Gasteiger partial charge in [0, 0.05) is 18.4 Å². The summed E-state index contributed by atoms with van der Waals surface area (Å²) in [6.07, 6.45) is 4.49. The Morgan fingerprint density at radius 2 is 2.00 bits per heavy atom. The van der Waals surface area contributed by atoms with E-state index in [1.165, 1.54) is 22.5 Å². The molecule has 1 aromatic carbocycles. The fourth-order valence-electron chi connectivity index (χ4n) is 2.75. The highest BCUT2D eigenvalue weighted by Crippen LogP contribution is 2.23. The maximum Gasteiger partial charge on any atom is 0.226 e. The molecule has 0 unspecified atom stereocenters. The minimum atomic E-state index is -0.196. The minimum Gasteiger partial charge on any atom is -0.301 e. The molecule has 1 aliphatic rings. The maximum atomic E-state index is 12.2. The lowest BCUT2D eigenvalue weighted by Gasteiger charge is -2.04. The zero-order valence-corrected chi connectivity index (χ0v) is 13.9. The first kappa shape index (κ1) is 15.8. The van der Waals surface area contributed by atoms with E-state index in [-0.39, 0.29) is 24.5 Å². The fraction of sp³-hybridized carbons (Fsp3) is 0.412. The van der Waals surface area contributed by atoms with Crippen LogP contribution in [0.4, 0.5) is 5.13 Å². The van der Waals surface area contributed by atoms with Crippen LogP contribution in [-0.4, -0.2) is 21.9 Å². The SMILES string of the molecule is CCc1nnc(NC(=O)CCC(=O)c2ccc3c(c2)CCC3)s1. The summed E-state index contributed by atoms with van der Waals surface area (Å²) >= 11 is 1.37. The third-order valence-electron chi connectivity index (χ3n) is 4.02. The molecule has 0 saturated heterocycles. The number of aryl methyl sites for hydroxylation is 3. The quantitative estimate of drug-likeness (QED) is 0.826. The average molecular weight is 329 g/mol. The van der Waals surface area contributed by atoms with E-state index >= 15 is 0 Å². The van der Waals surface area contributed by atoms with E-state index in [0.717, 1.165) is 30.7 Å². The third kappa shape index (κ3) is 3.82. The second-order valence-electron chi connectivity index (χ2n) is 5.66. The molecule has 5 nitrogen and oxygen atoms in total. The van der Waals surface area contributed by atoms with Crippen molar-refractivity contribution in [3.63, 3.8) is 0 Å². The first-order valence-electron chi connectivity index (χ1n) is 7.93. The monoisotopic (exact) mass is 329 g/mol. The van der Waals surface area contributed by atoms with Gasteiger partial charge in [0.25, 0.3) is 0 Å². The number of amides is 1. The van der Waals surface area contributed by atoms with Gasteiger partial charge in [-0.05, 0) is 42.9 Å². The number of hydrogen-bond acceptors (Lipinski definition) is 5. The largest absolute Gasteiger partial charge is 0.301 e. The summed E-state index contributed by atoms with van der Waals surface area (Å²) in [5.74, 6) is -0.181. The molecule has 1 amide bonds. The van der Waals surface area contributed by atoms with Crippen LogP contribution in [0.3, 0.4) is 0 Å². The number of nitrogens with one attached hydrogen (secondary N) is 1. The topological polar surface area (TPSA) is 72.0 Å². The van der Waals surface area contributed by atoms with Crippen LogP contribution in [0, 0.1) is 0 Å². The van der Waals surface area contributed by atoms with Crippen molar-refractivity contribution in [1.29, 1.82) is 0 Å². The first-order valence-corrected chi connectivity index (χ1v) is 8.74. The Balaban J connectivity index is 1.53. The number of ketones is 1. The van der Waals surface area contributed by atoms with Crippen molar-refractivity contribution in [3.05, 3.63) is 39.9 Å². The molecule has 1 aromatic heterocycles. The van der Waals surface area contributed by atoms with Gasteiger partial charge >= 0.3 is 0 Å². The number of Topliss-reactive ketones (excluding diaryl/α,β-unsaturated/α-hetero) is 1. The van der Waals surface area contributed by atoms with Gasteiger partial charge in [-0.25, -0.2) is 0 Å². The number of anilines is 1. The molecule has 6 heteroatoms. The van der Waals surface area contributed by atoms with Crippen molar-refractivity contribution in [2.45, 2.75) is 45.4 Å². The van der Waals surface area contributed by atoms with Gasteiger partial charge in [0.15, 0.2) is 5.78 Å². The van der Waals surface area contributed by atoms with Crippen LogP contribution in [0.1, 0.15) is 52.7 Å². The van der Waals surface area contributed by atoms with Gasteiger partial charge in [0.1, 0.15) is 5.01 Å². The number of nitrogens with zero attached hydrogens (tertiary/aromatic N) is 2. The van der Waals surface area contributed by atoms with Gasteiger partial charge < -0.3 is 5.32 Å². The Bertz CT molecular complexity index is 739. The summed E-state index contributed by atoms with van der Waals surface area (Å²) in [7, 11) is 0. The Labute approximate surface area is 139 Å². The molecule has 0 radical (unpaired) electrons. The Morgan fingerprint density at radius 3 is 2.78 bits per heavy atom. The van der Waals surface area contributed by atoms with Crippen LogP contribution in [-0.2, 0) is 24.1 Å². The van der Waals surface area contributed by atoms with Crippen molar-refractivity contribution in [2.75, 3.05) is 5.32 Å². The molecule has 0 spiro atoms. The summed E-state index contributed by atoms with van der Waals surface area (Å²) in [6.45, 7) is 1.99. The standard InChI is InChI=1S/C17H19N3O2S/c1-2-16-19-20-17(23-16)18-15(22)9-8-14(21)13-7-6-11-4-3-5-12(11)10-13/h6-7,10H,2-5,8-9H2,1H3,(H,18,20,22). The summed E-state index contributed by atoms with van der Waals surface area (Å²) in [5.41, 5.74) is 3.34. The minimum absolute atomic E-state index is 0.0151. The summed E-state index contributed by atoms with van der Waals surface area (Å²) in [4.78, 5) is 24.2. The number of aromatic nitrogens is 2. The van der Waals surface area contributed by atoms with E-state index < -0.39 is 0 Å². The number of carbonyl (C=O) groups excluding carboxylic acids is 2. The molecular formula is C17H19N3O2S. The fourth-order valence-corrected chi connectivity index (χ4v) is 3.44. The van der Waals surface area contributed by atoms with Crippen LogP contribution < -0.4 is 5.32 Å². The molecule has 120 valence electrons. The van der Waals surface area contributed by atoms with Gasteiger partial charge in [0.2, 0.25) is 11.0 Å². The molecule has 0 saturated carbocycles. The van der Waals surface area contributed by atoms with Gasteiger partial charge in [-0.1, -0.05) is 30.4 Å². The highest BCUT2D eigenvalue weighted by atomic mass is 32.1. The molecule has 23 heavy (non-hydrogen) atoms. The highest BCUT2D eigenvalue weighted by Gasteiger charge is 2.15. The Morgan fingerprint density at radius 1 is 1.17 bits per heavy atom. The highest BCUT2D eigenvalue weighted by molar-refractivity contribution is 7.15. The number of rotatable bonds is 6. The van der Waals surface area contributed by atoms with E-state index in [9.17, 15) is 9.59 Å². The third-order valence-corrected chi connectivity index (χ3v) is 5.00. The molecule has 3 rings (SSSR count). The number of benzene rings is 1. The van der Waals surface area contributed by atoms with E-state index in [2.05, 4.69) is 15.5 Å². The molecule has 1 aliphatic carbocycles. The van der Waals surface area contributed by atoms with Crippen molar-refractivity contribution >= 4 is 28.2 Å². The molecular weight excluding hydrogens is 310 g/mol. The first-order chi connectivity index (χ1) is 11.2. The van der Waals surface area contributed by atoms with Crippen LogP contribution in [0.15, 0.2) is 18.2 Å². The normalized spacial score (nSPS) is 12.9. The molecule has 0 bridgehead atoms. The lowest BCUT2D eigenvalue weighted by Crippen LogP contribution is -2.13. The van der Waals surface area contributed by atoms with Crippen LogP contribution in [0.25, 0.3) is 0 Å². The second-order valence-corrected chi connectivity index (χ2v) is 6.72. The molecule has 0 atom stereocenters. The van der Waals surface area contributed by atoms with Crippen LogP contribution >= 0.6 is 11.3 Å². The Hall–Kier alpha value is -2.08. The Kier molecular flexibility index (Phi) is 4.81. The predicted octanol–water partition coefficient (Wildman–Crippen LogP) is 3.19. The van der Waals surface area contributed by atoms with Crippen molar-refractivity contribution in [3.8, 4) is 0 Å². The smallest absolute Gasteiger partial charge is 0.226 e. The van der Waals surface area contributed by atoms with Crippen LogP contribution in [0.5, 0.6) is 0 Å². The number of carbonyl (C=O) groups is 2. The van der Waals surface area contributed by atoms with Gasteiger partial charge in [-0.3, -0.25) is 9.59 Å². The summed E-state index contributed by atoms with van der Waals surface area (Å²) in [5, 5.41) is 11.9. The predicted molar refractivity (Wildman–Crippen MR) is 89.9 cm³/mol. The summed E-state index contributed by atoms with van der Waals surface area (Å²) in [6, 6.07) is 5.91. The number of hydrogen-bond donors (Lipinski definition) is 1. The van der Waals surface area contributed by atoms with Crippen LogP contribution in [0.2, 0.25) is 0 Å². The molecule has 1 heterocycles. The lowest BCUT2D eigenvalue weighted by molar-refractivity contribution is -0.116. The van der Waals surface area contributed by atoms with Gasteiger partial charge in [-0.15, -0.1) is 10.2 Å². The van der Waals surface area contributed by atoms with E-state index in [1.807, 2.05) is 25.1 Å². The van der Waals surface area contributed by atoms with Crippen molar-refractivity contribution in [1.82, 2.24) is 10.2 Å². The van der Waals surface area contributed by atoms with Gasteiger partial charge in [-0.2, -0.15) is 0 Å². The molecule has 1 N–H and O–H groups in total. The van der Waals surface area contributed by atoms with E-state index in [0.29, 0.717) is 10.7 Å². The zero-order chi connectivity index (χ0) is 16.2. The van der Waals surface area contributed by atoms with E-state index in [4.69, 9.17) is 0 Å². The second kappa shape index (κ2) is 7.00. The lowest BCUT2D eigenvalue weighted by atomic mass is 10.0. The maximum absolute atomic E-state index is 12.2. The average Bonchev–Trinajstić information content (AvgIpc) is 3.20. The van der Waals surface area contributed by atoms with Gasteiger partial charge in [0.05, 0.1) is 0 Å². The molecule has 0 fully saturated rings. The van der Waals surface area contributed by atoms with Crippen molar-refractivity contribution < 1.29 is 9.59 Å². The number of fused-ring (bicyclic) bond motifs is 1. The van der Waals surface area contributed by atoms with E-state index in [1.54, 1.807) is 0 Å². The zero-order valence-electron chi connectivity index (χ0n) is 13.1. The summed E-state index contributed by atoms with van der Waals surface area (Å²) < 4.78 is 0. The molecule has 2 aromatic rings.